The van der Waals surface area contributed by atoms with Crippen LogP contribution in [-0.2, 0) is 19.1 Å². The van der Waals surface area contributed by atoms with E-state index in [1.165, 1.54) is 22.6 Å². The van der Waals surface area contributed by atoms with Crippen molar-refractivity contribution in [3.8, 4) is 0 Å². The predicted molar refractivity (Wildman–Crippen MR) is 149 cm³/mol. The maximum Gasteiger partial charge on any atom is 0.338 e. The molecule has 0 radical (unpaired) electrons. The van der Waals surface area contributed by atoms with Crippen molar-refractivity contribution >= 4 is 62.6 Å². The van der Waals surface area contributed by atoms with Gasteiger partial charge in [-0.1, -0.05) is 63.9 Å². The lowest BCUT2D eigenvalue weighted by Gasteiger charge is -2.28. The molecule has 0 unspecified atom stereocenters. The fraction of sp³-hybridized carbons (Fsp3) is 0.267. The average molecular weight is 608 g/mol. The summed E-state index contributed by atoms with van der Waals surface area (Å²) in [5.41, 5.74) is 2.10. The minimum Gasteiger partial charge on any atom is -0.452 e. The van der Waals surface area contributed by atoms with Gasteiger partial charge in [0.25, 0.3) is 5.91 Å². The molecule has 2 saturated carbocycles. The van der Waals surface area contributed by atoms with Crippen molar-refractivity contribution in [2.45, 2.75) is 18.8 Å². The Kier molecular flexibility index (Phi) is 6.77. The van der Waals surface area contributed by atoms with E-state index >= 15 is 0 Å². The van der Waals surface area contributed by atoms with E-state index in [0.29, 0.717) is 16.4 Å². The highest BCUT2D eigenvalue weighted by molar-refractivity contribution is 9.10. The van der Waals surface area contributed by atoms with Gasteiger partial charge < -0.3 is 10.1 Å². The lowest BCUT2D eigenvalue weighted by molar-refractivity contribution is -0.123. The van der Waals surface area contributed by atoms with E-state index in [-0.39, 0.29) is 47.0 Å². The highest BCUT2D eigenvalue weighted by Gasteiger charge is 2.64. The molecule has 0 spiro atoms. The lowest BCUT2D eigenvalue weighted by Crippen LogP contribution is -2.33. The minimum atomic E-state index is -0.739. The molecule has 2 aliphatic carbocycles. The van der Waals surface area contributed by atoms with Gasteiger partial charge in [-0.25, -0.2) is 4.79 Å². The topological polar surface area (TPSA) is 92.8 Å². The van der Waals surface area contributed by atoms with Crippen LogP contribution in [0.5, 0.6) is 0 Å². The van der Waals surface area contributed by atoms with Crippen molar-refractivity contribution in [1.82, 2.24) is 0 Å². The Morgan fingerprint density at radius 1 is 0.949 bits per heavy atom. The van der Waals surface area contributed by atoms with Gasteiger partial charge in [-0.15, -0.1) is 0 Å². The molecule has 1 N–H and O–H groups in total. The van der Waals surface area contributed by atoms with Crippen LogP contribution in [0.4, 0.5) is 11.4 Å². The van der Waals surface area contributed by atoms with Gasteiger partial charge in [0, 0.05) is 4.47 Å². The number of imide groups is 1. The van der Waals surface area contributed by atoms with E-state index in [1.54, 1.807) is 30.3 Å². The summed E-state index contributed by atoms with van der Waals surface area (Å²) in [4.78, 5) is 53.3. The molecule has 3 aromatic carbocycles. The van der Waals surface area contributed by atoms with Crippen LogP contribution < -0.4 is 10.2 Å². The number of carbonyl (C=O) groups excluding carboxylic acids is 4. The first-order valence-electron chi connectivity index (χ1n) is 12.8. The number of anilines is 2. The molecular formula is C30H24BrClN2O5. The number of hydrogen-bond acceptors (Lipinski definition) is 5. The Labute approximate surface area is 238 Å². The van der Waals surface area contributed by atoms with Gasteiger partial charge in [-0.2, -0.15) is 0 Å². The molecule has 2 bridgehead atoms. The first-order valence-corrected chi connectivity index (χ1v) is 13.9. The van der Waals surface area contributed by atoms with Crippen LogP contribution in [-0.4, -0.2) is 30.3 Å². The average Bonchev–Trinajstić information content (AvgIpc) is 3.60. The largest absolute Gasteiger partial charge is 0.452 e. The third-order valence-corrected chi connectivity index (χ3v) is 8.93. The summed E-state index contributed by atoms with van der Waals surface area (Å²) < 4.78 is 5.95. The molecule has 0 aromatic heterocycles. The molecule has 5 atom stereocenters. The molecule has 6 rings (SSSR count). The number of hydrogen-bond donors (Lipinski definition) is 1. The SMILES string of the molecule is O=C(COC(=O)c1cccc(N2C(=O)[C@@H]3[C@@H]4C[C@@H]([C@H]3C2=O)[C@H](c2ccccc2)C4)c1)Nc1ccc(Br)cc1Cl. The van der Waals surface area contributed by atoms with Gasteiger partial charge in [-0.05, 0) is 72.6 Å². The maximum absolute atomic E-state index is 13.6. The zero-order valence-corrected chi connectivity index (χ0v) is 23.0. The second-order valence-corrected chi connectivity index (χ2v) is 11.6. The van der Waals surface area contributed by atoms with Gasteiger partial charge in [0.2, 0.25) is 11.8 Å². The van der Waals surface area contributed by atoms with Crippen LogP contribution in [0, 0.1) is 23.7 Å². The Morgan fingerprint density at radius 3 is 2.49 bits per heavy atom. The smallest absolute Gasteiger partial charge is 0.338 e. The van der Waals surface area contributed by atoms with E-state index in [1.807, 2.05) is 18.2 Å². The number of carbonyl (C=O) groups is 4. The Hall–Kier alpha value is -3.49. The molecule has 1 saturated heterocycles. The summed E-state index contributed by atoms with van der Waals surface area (Å²) >= 11 is 9.42. The summed E-state index contributed by atoms with van der Waals surface area (Å²) in [5.74, 6) is -1.75. The number of benzene rings is 3. The number of fused-ring (bicyclic) bond motifs is 5. The summed E-state index contributed by atoms with van der Waals surface area (Å²) in [6.45, 7) is -0.522. The van der Waals surface area contributed by atoms with Crippen LogP contribution in [0.2, 0.25) is 5.02 Å². The van der Waals surface area contributed by atoms with Gasteiger partial charge in [0.05, 0.1) is 33.8 Å². The van der Waals surface area contributed by atoms with E-state index < -0.39 is 18.5 Å². The Balaban J connectivity index is 1.14. The van der Waals surface area contributed by atoms with Crippen molar-refractivity contribution in [2.24, 2.45) is 23.7 Å². The number of esters is 1. The van der Waals surface area contributed by atoms with Crippen molar-refractivity contribution in [2.75, 3.05) is 16.8 Å². The molecule has 198 valence electrons. The second-order valence-electron chi connectivity index (χ2n) is 10.3. The molecule has 1 heterocycles. The zero-order valence-electron chi connectivity index (χ0n) is 20.7. The van der Waals surface area contributed by atoms with Crippen LogP contribution in [0.25, 0.3) is 0 Å². The molecule has 3 aliphatic rings. The molecule has 39 heavy (non-hydrogen) atoms. The number of nitrogens with zero attached hydrogens (tertiary/aromatic N) is 1. The number of rotatable bonds is 6. The van der Waals surface area contributed by atoms with Gasteiger partial charge >= 0.3 is 5.97 Å². The zero-order chi connectivity index (χ0) is 27.3. The molecule has 3 amide bonds. The summed E-state index contributed by atoms with van der Waals surface area (Å²) in [6, 6.07) is 21.4. The number of halogens is 2. The first-order chi connectivity index (χ1) is 18.8. The number of ether oxygens (including phenoxy) is 1. The van der Waals surface area contributed by atoms with Crippen LogP contribution >= 0.6 is 27.5 Å². The highest BCUT2D eigenvalue weighted by Crippen LogP contribution is 2.61. The quantitative estimate of drug-likeness (QED) is 0.281. The second kappa shape index (κ2) is 10.2. The predicted octanol–water partition coefficient (Wildman–Crippen LogP) is 5.83. The van der Waals surface area contributed by atoms with Crippen LogP contribution in [0.15, 0.2) is 77.3 Å². The molecule has 9 heteroatoms. The molecular weight excluding hydrogens is 584 g/mol. The Morgan fingerprint density at radius 2 is 1.72 bits per heavy atom. The fourth-order valence-corrected chi connectivity index (χ4v) is 7.28. The third kappa shape index (κ3) is 4.66. The number of amides is 3. The highest BCUT2D eigenvalue weighted by atomic mass is 79.9. The standard InChI is InChI=1S/C30H24BrClN2O5/c31-19-9-10-24(23(32)14-19)33-25(35)15-39-30(38)17-7-4-8-20(11-17)34-28(36)26-18-12-21(16-5-2-1-3-6-16)22(13-18)27(26)29(34)37/h1-11,14,18,21-22,26-27H,12-13,15H2,(H,33,35)/t18-,21-,22+,26+,27+/m0/s1. The van der Waals surface area contributed by atoms with E-state index in [2.05, 4.69) is 33.4 Å². The van der Waals surface area contributed by atoms with E-state index in [0.717, 1.165) is 17.3 Å². The fourth-order valence-electron chi connectivity index (χ4n) is 6.56. The van der Waals surface area contributed by atoms with Crippen molar-refractivity contribution < 1.29 is 23.9 Å². The molecule has 3 fully saturated rings. The molecule has 3 aromatic rings. The Bertz CT molecular complexity index is 1500. The normalized spacial score (nSPS) is 25.1. The van der Waals surface area contributed by atoms with Crippen molar-refractivity contribution in [3.05, 3.63) is 93.4 Å². The number of nitrogens with one attached hydrogen (secondary N) is 1. The van der Waals surface area contributed by atoms with Crippen molar-refractivity contribution in [3.63, 3.8) is 0 Å². The van der Waals surface area contributed by atoms with Gasteiger partial charge in [-0.3, -0.25) is 19.3 Å². The monoisotopic (exact) mass is 606 g/mol. The van der Waals surface area contributed by atoms with Crippen LogP contribution in [0.3, 0.4) is 0 Å². The minimum absolute atomic E-state index is 0.134. The summed E-state index contributed by atoms with van der Waals surface area (Å²) in [7, 11) is 0. The third-order valence-electron chi connectivity index (χ3n) is 8.12. The van der Waals surface area contributed by atoms with Crippen molar-refractivity contribution in [1.29, 1.82) is 0 Å². The van der Waals surface area contributed by atoms with E-state index in [9.17, 15) is 19.2 Å². The maximum atomic E-state index is 13.6. The first kappa shape index (κ1) is 25.8. The van der Waals surface area contributed by atoms with Gasteiger partial charge in [0.15, 0.2) is 6.61 Å². The summed E-state index contributed by atoms with van der Waals surface area (Å²) in [5, 5.41) is 2.94. The molecule has 7 nitrogen and oxygen atoms in total. The lowest BCUT2D eigenvalue weighted by atomic mass is 9.73. The molecule has 1 aliphatic heterocycles. The van der Waals surface area contributed by atoms with Gasteiger partial charge in [0.1, 0.15) is 0 Å². The summed E-state index contributed by atoms with van der Waals surface area (Å²) in [6.07, 6.45) is 1.79. The van der Waals surface area contributed by atoms with E-state index in [4.69, 9.17) is 16.3 Å². The van der Waals surface area contributed by atoms with Crippen LogP contribution in [0.1, 0.15) is 34.7 Å².